The highest BCUT2D eigenvalue weighted by atomic mass is 35.5. The Morgan fingerprint density at radius 1 is 1.00 bits per heavy atom. The molecule has 174 valence electrons. The van der Waals surface area contributed by atoms with Gasteiger partial charge < -0.3 is 14.6 Å². The van der Waals surface area contributed by atoms with Crippen LogP contribution in [0.2, 0.25) is 5.02 Å². The van der Waals surface area contributed by atoms with E-state index in [9.17, 15) is 4.79 Å². The number of rotatable bonds is 10. The maximum Gasteiger partial charge on any atom is 0.220 e. The second-order valence-electron chi connectivity index (χ2n) is 8.32. The maximum atomic E-state index is 12.2. The molecule has 1 aliphatic rings. The first kappa shape index (κ1) is 23.3. The lowest BCUT2D eigenvalue weighted by Gasteiger charge is -2.36. The fourth-order valence-corrected chi connectivity index (χ4v) is 4.31. The summed E-state index contributed by atoms with van der Waals surface area (Å²) in [5, 5.41) is 3.63. The monoisotopic (exact) mass is 466 g/mol. The number of amides is 1. The van der Waals surface area contributed by atoms with Crippen molar-refractivity contribution in [2.24, 2.45) is 0 Å². The number of hydrogen-bond donors (Lipinski definition) is 1. The maximum absolute atomic E-state index is 12.2. The van der Waals surface area contributed by atoms with Crippen molar-refractivity contribution in [2.75, 3.05) is 44.2 Å². The van der Waals surface area contributed by atoms with Gasteiger partial charge in [0, 0.05) is 56.8 Å². The first-order valence-corrected chi connectivity index (χ1v) is 12.1. The molecule has 4 rings (SSSR count). The molecule has 2 heterocycles. The van der Waals surface area contributed by atoms with Crippen LogP contribution in [0.15, 0.2) is 65.2 Å². The molecule has 0 unspecified atom stereocenters. The minimum absolute atomic E-state index is 0.0315. The largest absolute Gasteiger partial charge is 0.441 e. The zero-order valence-electron chi connectivity index (χ0n) is 18.9. The number of anilines is 1. The van der Waals surface area contributed by atoms with Gasteiger partial charge in [-0.2, -0.15) is 0 Å². The summed E-state index contributed by atoms with van der Waals surface area (Å²) in [6.07, 6.45) is 4.58. The molecular weight excluding hydrogens is 436 g/mol. The number of oxazole rings is 1. The highest BCUT2D eigenvalue weighted by molar-refractivity contribution is 6.33. The summed E-state index contributed by atoms with van der Waals surface area (Å²) >= 11 is 6.20. The Morgan fingerprint density at radius 2 is 1.76 bits per heavy atom. The summed E-state index contributed by atoms with van der Waals surface area (Å²) in [6, 6.07) is 18.1. The van der Waals surface area contributed by atoms with Crippen LogP contribution < -0.4 is 10.2 Å². The summed E-state index contributed by atoms with van der Waals surface area (Å²) in [5.74, 6) is 1.21. The smallest absolute Gasteiger partial charge is 0.220 e. The summed E-state index contributed by atoms with van der Waals surface area (Å²) in [5.41, 5.74) is 2.12. The van der Waals surface area contributed by atoms with E-state index in [2.05, 4.69) is 50.4 Å². The molecule has 0 spiro atoms. The van der Waals surface area contributed by atoms with E-state index < -0.39 is 0 Å². The fourth-order valence-electron chi connectivity index (χ4n) is 4.08. The number of piperazine rings is 1. The van der Waals surface area contributed by atoms with Gasteiger partial charge in [0.1, 0.15) is 0 Å². The van der Waals surface area contributed by atoms with Crippen LogP contribution in [0.4, 0.5) is 5.69 Å². The molecule has 1 aromatic heterocycles. The number of carbonyl (C=O) groups excluding carboxylic acids is 1. The standard InChI is InChI=1S/C26H31ClN4O2/c27-23-11-5-4-10-22(23)24-20-29-26(33-24)13-12-25(32)28-14-6-7-15-30-16-18-31(19-17-30)21-8-2-1-3-9-21/h1-5,8-11,20H,6-7,12-19H2,(H,28,32). The first-order chi connectivity index (χ1) is 16.2. The average molecular weight is 467 g/mol. The third-order valence-electron chi connectivity index (χ3n) is 5.98. The summed E-state index contributed by atoms with van der Waals surface area (Å²) < 4.78 is 5.76. The summed E-state index contributed by atoms with van der Waals surface area (Å²) in [6.45, 7) is 6.11. The van der Waals surface area contributed by atoms with Crippen molar-refractivity contribution in [1.82, 2.24) is 15.2 Å². The van der Waals surface area contributed by atoms with Crippen LogP contribution in [0.5, 0.6) is 0 Å². The van der Waals surface area contributed by atoms with E-state index in [0.717, 1.165) is 51.1 Å². The van der Waals surface area contributed by atoms with Crippen molar-refractivity contribution in [1.29, 1.82) is 0 Å². The summed E-state index contributed by atoms with van der Waals surface area (Å²) in [7, 11) is 0. The van der Waals surface area contributed by atoms with Crippen LogP contribution in [0.3, 0.4) is 0 Å². The number of nitrogens with one attached hydrogen (secondary N) is 1. The van der Waals surface area contributed by atoms with E-state index in [1.165, 1.54) is 5.69 Å². The number of para-hydroxylation sites is 1. The number of unbranched alkanes of at least 4 members (excludes halogenated alkanes) is 1. The molecule has 0 atom stereocenters. The molecule has 6 nitrogen and oxygen atoms in total. The van der Waals surface area contributed by atoms with Gasteiger partial charge in [0.2, 0.25) is 5.91 Å². The van der Waals surface area contributed by atoms with Gasteiger partial charge in [-0.3, -0.25) is 9.69 Å². The van der Waals surface area contributed by atoms with Crippen molar-refractivity contribution >= 4 is 23.2 Å². The van der Waals surface area contributed by atoms with Crippen LogP contribution >= 0.6 is 11.6 Å². The van der Waals surface area contributed by atoms with Crippen LogP contribution in [0, 0.1) is 0 Å². The van der Waals surface area contributed by atoms with E-state index in [4.69, 9.17) is 16.0 Å². The SMILES string of the molecule is O=C(CCc1ncc(-c2ccccc2Cl)o1)NCCCCN1CCN(c2ccccc2)CC1. The molecule has 3 aromatic rings. The Morgan fingerprint density at radius 3 is 2.55 bits per heavy atom. The van der Waals surface area contributed by atoms with Crippen LogP contribution in [0.1, 0.15) is 25.2 Å². The van der Waals surface area contributed by atoms with Gasteiger partial charge in [-0.1, -0.05) is 41.9 Å². The quantitative estimate of drug-likeness (QED) is 0.441. The van der Waals surface area contributed by atoms with Crippen molar-refractivity contribution in [3.8, 4) is 11.3 Å². The number of carbonyl (C=O) groups is 1. The van der Waals surface area contributed by atoms with Gasteiger partial charge in [0.05, 0.1) is 11.2 Å². The van der Waals surface area contributed by atoms with Gasteiger partial charge in [-0.05, 0) is 43.7 Å². The molecule has 0 radical (unpaired) electrons. The second-order valence-corrected chi connectivity index (χ2v) is 8.73. The highest BCUT2D eigenvalue weighted by Crippen LogP contribution is 2.28. The molecule has 1 amide bonds. The number of halogens is 1. The molecule has 1 fully saturated rings. The predicted octanol–water partition coefficient (Wildman–Crippen LogP) is 4.65. The van der Waals surface area contributed by atoms with Crippen molar-refractivity contribution in [3.63, 3.8) is 0 Å². The molecule has 7 heteroatoms. The zero-order chi connectivity index (χ0) is 22.9. The highest BCUT2D eigenvalue weighted by Gasteiger charge is 2.16. The van der Waals surface area contributed by atoms with Crippen LogP contribution in [-0.2, 0) is 11.2 Å². The Labute approximate surface area is 200 Å². The minimum atomic E-state index is 0.0315. The summed E-state index contributed by atoms with van der Waals surface area (Å²) in [4.78, 5) is 21.4. The van der Waals surface area contributed by atoms with Gasteiger partial charge in [0.15, 0.2) is 11.7 Å². The number of hydrogen-bond acceptors (Lipinski definition) is 5. The predicted molar refractivity (Wildman–Crippen MR) is 133 cm³/mol. The van der Waals surface area contributed by atoms with Crippen LogP contribution in [0.25, 0.3) is 11.3 Å². The molecule has 1 aliphatic heterocycles. The van der Waals surface area contributed by atoms with E-state index in [0.29, 0.717) is 36.1 Å². The fraction of sp³-hybridized carbons (Fsp3) is 0.385. The van der Waals surface area contributed by atoms with Crippen molar-refractivity contribution in [3.05, 3.63) is 71.7 Å². The topological polar surface area (TPSA) is 61.6 Å². The second kappa shape index (κ2) is 11.9. The molecule has 0 saturated carbocycles. The van der Waals surface area contributed by atoms with Crippen molar-refractivity contribution < 1.29 is 9.21 Å². The van der Waals surface area contributed by atoms with Gasteiger partial charge in [0.25, 0.3) is 0 Å². The third-order valence-corrected chi connectivity index (χ3v) is 6.31. The Hall–Kier alpha value is -2.83. The molecular formula is C26H31ClN4O2. The average Bonchev–Trinajstić information content (AvgIpc) is 3.33. The first-order valence-electron chi connectivity index (χ1n) is 11.7. The third kappa shape index (κ3) is 6.83. The van der Waals surface area contributed by atoms with E-state index in [1.807, 2.05) is 24.3 Å². The number of nitrogens with zero attached hydrogens (tertiary/aromatic N) is 3. The number of benzene rings is 2. The molecule has 33 heavy (non-hydrogen) atoms. The minimum Gasteiger partial charge on any atom is -0.441 e. The Kier molecular flexibility index (Phi) is 8.39. The van der Waals surface area contributed by atoms with Gasteiger partial charge >= 0.3 is 0 Å². The van der Waals surface area contributed by atoms with E-state index >= 15 is 0 Å². The lowest BCUT2D eigenvalue weighted by atomic mass is 10.2. The van der Waals surface area contributed by atoms with E-state index in [-0.39, 0.29) is 5.91 Å². The van der Waals surface area contributed by atoms with E-state index in [1.54, 1.807) is 6.20 Å². The van der Waals surface area contributed by atoms with Gasteiger partial charge in [-0.15, -0.1) is 0 Å². The van der Waals surface area contributed by atoms with Crippen LogP contribution in [-0.4, -0.2) is 55.1 Å². The van der Waals surface area contributed by atoms with Crippen molar-refractivity contribution in [2.45, 2.75) is 25.7 Å². The molecule has 1 saturated heterocycles. The number of aryl methyl sites for hydroxylation is 1. The molecule has 1 N–H and O–H groups in total. The van der Waals surface area contributed by atoms with Gasteiger partial charge in [-0.25, -0.2) is 4.98 Å². The normalized spacial score (nSPS) is 14.4. The lowest BCUT2D eigenvalue weighted by molar-refractivity contribution is -0.121. The Bertz CT molecular complexity index is 1020. The molecule has 0 bridgehead atoms. The lowest BCUT2D eigenvalue weighted by Crippen LogP contribution is -2.46. The number of aromatic nitrogens is 1. The molecule has 0 aliphatic carbocycles. The zero-order valence-corrected chi connectivity index (χ0v) is 19.6. The Balaban J connectivity index is 1.07. The molecule has 2 aromatic carbocycles.